The Morgan fingerprint density at radius 1 is 1.44 bits per heavy atom. The summed E-state index contributed by atoms with van der Waals surface area (Å²) in [6.45, 7) is 5.39. The number of aromatic nitrogens is 2. The third-order valence-electron chi connectivity index (χ3n) is 3.18. The zero-order valence-electron chi connectivity index (χ0n) is 11.3. The van der Waals surface area contributed by atoms with Crippen molar-refractivity contribution in [3.63, 3.8) is 0 Å². The molecule has 0 spiro atoms. The molecule has 0 fully saturated rings. The van der Waals surface area contributed by atoms with Crippen LogP contribution in [0, 0.1) is 0 Å². The summed E-state index contributed by atoms with van der Waals surface area (Å²) in [5.74, 6) is 1.13. The Kier molecular flexibility index (Phi) is 4.55. The van der Waals surface area contributed by atoms with E-state index in [4.69, 9.17) is 0 Å². The Balaban J connectivity index is 1.81. The molecule has 0 aromatic carbocycles. The number of nitrogens with zero attached hydrogens (tertiary/aromatic N) is 2. The molecule has 0 amide bonds. The first-order valence-electron chi connectivity index (χ1n) is 6.49. The molecule has 2 rings (SSSR count). The zero-order chi connectivity index (χ0) is 13.0. The van der Waals surface area contributed by atoms with Gasteiger partial charge in [-0.1, -0.05) is 6.92 Å². The molecule has 0 aliphatic carbocycles. The van der Waals surface area contributed by atoms with Gasteiger partial charge in [0.2, 0.25) is 0 Å². The second-order valence-corrected chi connectivity index (χ2v) is 5.74. The Morgan fingerprint density at radius 3 is 2.89 bits per heavy atom. The van der Waals surface area contributed by atoms with Crippen LogP contribution in [0.15, 0.2) is 24.5 Å². The highest BCUT2D eigenvalue weighted by Gasteiger charge is 2.08. The van der Waals surface area contributed by atoms with E-state index < -0.39 is 0 Å². The molecule has 2 aromatic heterocycles. The molecule has 98 valence electrons. The summed E-state index contributed by atoms with van der Waals surface area (Å²) in [7, 11) is 2.04. The summed E-state index contributed by atoms with van der Waals surface area (Å²) in [4.78, 5) is 7.21. The molecular weight excluding hydrogens is 242 g/mol. The predicted octanol–water partition coefficient (Wildman–Crippen LogP) is 2.94. The maximum absolute atomic E-state index is 4.33. The fourth-order valence-corrected chi connectivity index (χ4v) is 2.94. The molecule has 1 unspecified atom stereocenters. The standard InChI is InChI=1S/C14H21N3S/c1-4-12-5-6-13(18-12)11(2)15-8-7-14-16-9-10-17(14)3/h5-6,9-11,15H,4,7-8H2,1-3H3. The zero-order valence-corrected chi connectivity index (χ0v) is 12.1. The maximum atomic E-state index is 4.33. The lowest BCUT2D eigenvalue weighted by molar-refractivity contribution is 0.572. The van der Waals surface area contributed by atoms with E-state index in [1.54, 1.807) is 0 Å². The van der Waals surface area contributed by atoms with Crippen LogP contribution in [-0.4, -0.2) is 16.1 Å². The maximum Gasteiger partial charge on any atom is 0.109 e. The molecule has 0 aliphatic heterocycles. The lowest BCUT2D eigenvalue weighted by Crippen LogP contribution is -2.21. The lowest BCUT2D eigenvalue weighted by atomic mass is 10.2. The van der Waals surface area contributed by atoms with Crippen LogP contribution >= 0.6 is 11.3 Å². The Hall–Kier alpha value is -1.13. The molecule has 0 saturated heterocycles. The molecule has 18 heavy (non-hydrogen) atoms. The molecule has 0 saturated carbocycles. The lowest BCUT2D eigenvalue weighted by Gasteiger charge is -2.11. The van der Waals surface area contributed by atoms with Gasteiger partial charge in [-0.05, 0) is 25.5 Å². The third kappa shape index (κ3) is 3.21. The van der Waals surface area contributed by atoms with Gasteiger partial charge in [0.25, 0.3) is 0 Å². The van der Waals surface area contributed by atoms with Gasteiger partial charge in [0.15, 0.2) is 0 Å². The van der Waals surface area contributed by atoms with Crippen molar-refractivity contribution in [3.05, 3.63) is 40.1 Å². The van der Waals surface area contributed by atoms with Gasteiger partial charge in [-0.15, -0.1) is 11.3 Å². The highest BCUT2D eigenvalue weighted by molar-refractivity contribution is 7.12. The van der Waals surface area contributed by atoms with Gasteiger partial charge in [-0.2, -0.15) is 0 Å². The highest BCUT2D eigenvalue weighted by atomic mass is 32.1. The van der Waals surface area contributed by atoms with Gasteiger partial charge >= 0.3 is 0 Å². The number of hydrogen-bond donors (Lipinski definition) is 1. The van der Waals surface area contributed by atoms with E-state index >= 15 is 0 Å². The number of nitrogens with one attached hydrogen (secondary N) is 1. The minimum absolute atomic E-state index is 0.426. The van der Waals surface area contributed by atoms with Gasteiger partial charge in [-0.3, -0.25) is 0 Å². The Morgan fingerprint density at radius 2 is 2.28 bits per heavy atom. The molecule has 4 heteroatoms. The van der Waals surface area contributed by atoms with E-state index in [9.17, 15) is 0 Å². The quantitative estimate of drug-likeness (QED) is 0.868. The monoisotopic (exact) mass is 263 g/mol. The first-order valence-corrected chi connectivity index (χ1v) is 7.30. The molecule has 0 radical (unpaired) electrons. The molecule has 1 N–H and O–H groups in total. The fourth-order valence-electron chi connectivity index (χ4n) is 1.96. The largest absolute Gasteiger partial charge is 0.338 e. The average molecular weight is 263 g/mol. The number of aryl methyl sites for hydroxylation is 2. The molecule has 2 heterocycles. The first kappa shape index (κ1) is 13.3. The van der Waals surface area contributed by atoms with Crippen molar-refractivity contribution in [1.29, 1.82) is 0 Å². The third-order valence-corrected chi connectivity index (χ3v) is 4.59. The van der Waals surface area contributed by atoms with Crippen molar-refractivity contribution < 1.29 is 0 Å². The topological polar surface area (TPSA) is 29.9 Å². The molecule has 0 bridgehead atoms. The van der Waals surface area contributed by atoms with Crippen molar-refractivity contribution in [2.75, 3.05) is 6.54 Å². The molecule has 2 aromatic rings. The van der Waals surface area contributed by atoms with Crippen molar-refractivity contribution >= 4 is 11.3 Å². The summed E-state index contributed by atoms with van der Waals surface area (Å²) in [6.07, 6.45) is 5.95. The predicted molar refractivity (Wildman–Crippen MR) is 77.0 cm³/mol. The smallest absolute Gasteiger partial charge is 0.109 e. The Bertz CT molecular complexity index is 487. The molecule has 1 atom stereocenters. The van der Waals surface area contributed by atoms with Crippen LogP contribution in [0.1, 0.15) is 35.5 Å². The Labute approximate surface area is 113 Å². The van der Waals surface area contributed by atoms with Crippen molar-refractivity contribution in [3.8, 4) is 0 Å². The van der Waals surface area contributed by atoms with Gasteiger partial charge < -0.3 is 9.88 Å². The molecule has 0 aliphatic rings. The van der Waals surface area contributed by atoms with Crippen molar-refractivity contribution in [2.24, 2.45) is 7.05 Å². The van der Waals surface area contributed by atoms with Gasteiger partial charge in [0, 0.05) is 48.2 Å². The van der Waals surface area contributed by atoms with Gasteiger partial charge in [0.1, 0.15) is 5.82 Å². The van der Waals surface area contributed by atoms with E-state index in [0.29, 0.717) is 6.04 Å². The second kappa shape index (κ2) is 6.16. The van der Waals surface area contributed by atoms with Crippen LogP contribution in [0.25, 0.3) is 0 Å². The number of rotatable bonds is 6. The highest BCUT2D eigenvalue weighted by Crippen LogP contribution is 2.23. The minimum atomic E-state index is 0.426. The van der Waals surface area contributed by atoms with Gasteiger partial charge in [0.05, 0.1) is 0 Å². The second-order valence-electron chi connectivity index (χ2n) is 4.54. The first-order chi connectivity index (χ1) is 8.70. The molecular formula is C14H21N3S. The van der Waals surface area contributed by atoms with Crippen LogP contribution in [0.4, 0.5) is 0 Å². The summed E-state index contributed by atoms with van der Waals surface area (Å²) in [6, 6.07) is 4.90. The van der Waals surface area contributed by atoms with Crippen LogP contribution in [0.5, 0.6) is 0 Å². The van der Waals surface area contributed by atoms with Crippen LogP contribution < -0.4 is 5.32 Å². The van der Waals surface area contributed by atoms with Crippen LogP contribution in [-0.2, 0) is 19.9 Å². The fraction of sp³-hybridized carbons (Fsp3) is 0.500. The van der Waals surface area contributed by atoms with E-state index in [2.05, 4.69) is 40.8 Å². The van der Waals surface area contributed by atoms with E-state index in [1.165, 1.54) is 9.75 Å². The van der Waals surface area contributed by atoms with Crippen LogP contribution in [0.2, 0.25) is 0 Å². The van der Waals surface area contributed by atoms with Crippen LogP contribution in [0.3, 0.4) is 0 Å². The number of imidazole rings is 1. The van der Waals surface area contributed by atoms with Crippen molar-refractivity contribution in [1.82, 2.24) is 14.9 Å². The van der Waals surface area contributed by atoms with E-state index in [-0.39, 0.29) is 0 Å². The van der Waals surface area contributed by atoms with Crippen molar-refractivity contribution in [2.45, 2.75) is 32.7 Å². The SMILES string of the molecule is CCc1ccc(C(C)NCCc2nccn2C)s1. The van der Waals surface area contributed by atoms with Gasteiger partial charge in [-0.25, -0.2) is 4.98 Å². The summed E-state index contributed by atoms with van der Waals surface area (Å²) >= 11 is 1.91. The number of thiophene rings is 1. The minimum Gasteiger partial charge on any atom is -0.338 e. The average Bonchev–Trinajstić information content (AvgIpc) is 2.98. The molecule has 3 nitrogen and oxygen atoms in total. The summed E-state index contributed by atoms with van der Waals surface area (Å²) < 4.78 is 2.08. The normalized spacial score (nSPS) is 12.8. The number of hydrogen-bond acceptors (Lipinski definition) is 3. The van der Waals surface area contributed by atoms with E-state index in [1.807, 2.05) is 30.8 Å². The summed E-state index contributed by atoms with van der Waals surface area (Å²) in [5.41, 5.74) is 0. The summed E-state index contributed by atoms with van der Waals surface area (Å²) in [5, 5.41) is 3.56. The van der Waals surface area contributed by atoms with E-state index in [0.717, 1.165) is 25.2 Å².